The summed E-state index contributed by atoms with van der Waals surface area (Å²) in [5.74, 6) is -2.67. The Bertz CT molecular complexity index is 888. The molecule has 0 saturated carbocycles. The summed E-state index contributed by atoms with van der Waals surface area (Å²) >= 11 is 0. The highest BCUT2D eigenvalue weighted by Crippen LogP contribution is 2.63. The second-order valence-electron chi connectivity index (χ2n) is 9.17. The number of aliphatic hydroxyl groups excluding tert-OH is 1. The Hall–Kier alpha value is -2.45. The van der Waals surface area contributed by atoms with E-state index in [4.69, 9.17) is 9.47 Å². The third kappa shape index (κ3) is 3.31. The van der Waals surface area contributed by atoms with Crippen LogP contribution in [0.4, 0.5) is 0 Å². The Labute approximate surface area is 188 Å². The van der Waals surface area contributed by atoms with Crippen LogP contribution in [-0.2, 0) is 30.4 Å². The summed E-state index contributed by atoms with van der Waals surface area (Å²) in [6.45, 7) is 5.68. The highest BCUT2D eigenvalue weighted by atomic mass is 16.6. The average molecular weight is 445 g/mol. The van der Waals surface area contributed by atoms with E-state index in [1.165, 1.54) is 4.90 Å². The molecular formula is C24H32N2O6. The smallest absolute Gasteiger partial charge is 0.312 e. The third-order valence-electron chi connectivity index (χ3n) is 7.39. The molecule has 0 aromatic heterocycles. The summed E-state index contributed by atoms with van der Waals surface area (Å²) in [6, 6.07) is 8.07. The van der Waals surface area contributed by atoms with Crippen molar-refractivity contribution in [1.82, 2.24) is 10.2 Å². The third-order valence-corrected chi connectivity index (χ3v) is 7.39. The minimum atomic E-state index is -1.10. The number of rotatable bonds is 8. The Kier molecular flexibility index (Phi) is 6.02. The number of hydrogen-bond donors (Lipinski definition) is 2. The van der Waals surface area contributed by atoms with Crippen LogP contribution >= 0.6 is 0 Å². The first kappa shape index (κ1) is 22.7. The van der Waals surface area contributed by atoms with Crippen LogP contribution < -0.4 is 5.32 Å². The van der Waals surface area contributed by atoms with Crippen molar-refractivity contribution in [1.29, 1.82) is 0 Å². The summed E-state index contributed by atoms with van der Waals surface area (Å²) in [6.07, 6.45) is 1.54. The van der Waals surface area contributed by atoms with Gasteiger partial charge in [-0.15, -0.1) is 0 Å². The minimum absolute atomic E-state index is 0.207. The summed E-state index contributed by atoms with van der Waals surface area (Å²) in [5.41, 5.74) is -1.02. The fraction of sp³-hybridized carbons (Fsp3) is 0.625. The van der Waals surface area contributed by atoms with E-state index >= 15 is 0 Å². The van der Waals surface area contributed by atoms with Gasteiger partial charge in [-0.05, 0) is 38.7 Å². The van der Waals surface area contributed by atoms with Gasteiger partial charge < -0.3 is 24.8 Å². The molecule has 8 nitrogen and oxygen atoms in total. The molecule has 1 aromatic rings. The zero-order chi connectivity index (χ0) is 23.1. The van der Waals surface area contributed by atoms with Crippen LogP contribution in [0, 0.1) is 11.8 Å². The Morgan fingerprint density at radius 3 is 2.62 bits per heavy atom. The maximum Gasteiger partial charge on any atom is 0.312 e. The number of aliphatic hydroxyl groups is 1. The van der Waals surface area contributed by atoms with Crippen LogP contribution in [0.1, 0.15) is 45.6 Å². The molecule has 3 heterocycles. The molecule has 1 aromatic carbocycles. The summed E-state index contributed by atoms with van der Waals surface area (Å²) in [7, 11) is 0. The lowest BCUT2D eigenvalue weighted by atomic mass is 9.66. The summed E-state index contributed by atoms with van der Waals surface area (Å²) in [5, 5.41) is 12.9. The van der Waals surface area contributed by atoms with Gasteiger partial charge in [0.15, 0.2) is 0 Å². The Morgan fingerprint density at radius 1 is 1.28 bits per heavy atom. The molecule has 1 spiro atoms. The number of nitrogens with one attached hydrogen (secondary N) is 1. The summed E-state index contributed by atoms with van der Waals surface area (Å²) < 4.78 is 11.8. The van der Waals surface area contributed by atoms with Crippen molar-refractivity contribution in [2.75, 3.05) is 13.2 Å². The Balaban J connectivity index is 1.70. The first-order valence-electron chi connectivity index (χ1n) is 11.4. The first-order chi connectivity index (χ1) is 15.3. The molecule has 2 bridgehead atoms. The lowest BCUT2D eigenvalue weighted by molar-refractivity contribution is -0.160. The van der Waals surface area contributed by atoms with Crippen molar-refractivity contribution in [2.24, 2.45) is 11.8 Å². The SMILES string of the molecule is CCOC(=O)[C@@H]1[C@H]2C(=O)N([C@@H](CC)CO)C(C(=O)NCc3ccccc3)C23CC[C@@]1(C)O3. The molecule has 3 saturated heterocycles. The van der Waals surface area contributed by atoms with Gasteiger partial charge >= 0.3 is 5.97 Å². The van der Waals surface area contributed by atoms with Gasteiger partial charge in [0.05, 0.1) is 30.8 Å². The van der Waals surface area contributed by atoms with Crippen molar-refractivity contribution in [3.05, 3.63) is 35.9 Å². The number of amides is 2. The maximum atomic E-state index is 13.7. The monoisotopic (exact) mass is 444 g/mol. The van der Waals surface area contributed by atoms with Gasteiger partial charge in [0.1, 0.15) is 17.6 Å². The standard InChI is InChI=1S/C24H32N2O6/c1-4-16(14-27)26-19(20(28)25-13-15-9-7-6-8-10-15)24-12-11-23(3,32-24)18(17(24)21(26)29)22(30)31-5-2/h6-10,16-19,27H,4-5,11-14H2,1-3H3,(H,25,28)/t16-,17-,18-,19?,23+,24?/m0/s1. The van der Waals surface area contributed by atoms with E-state index in [0.717, 1.165) is 5.56 Å². The van der Waals surface area contributed by atoms with Crippen LogP contribution in [0.3, 0.4) is 0 Å². The summed E-state index contributed by atoms with van der Waals surface area (Å²) in [4.78, 5) is 41.7. The zero-order valence-corrected chi connectivity index (χ0v) is 18.9. The van der Waals surface area contributed by atoms with Crippen LogP contribution in [0.15, 0.2) is 30.3 Å². The number of nitrogens with zero attached hydrogens (tertiary/aromatic N) is 1. The first-order valence-corrected chi connectivity index (χ1v) is 11.4. The molecule has 2 unspecified atom stereocenters. The van der Waals surface area contributed by atoms with Crippen LogP contribution in [-0.4, -0.2) is 64.3 Å². The molecular weight excluding hydrogens is 412 g/mol. The van der Waals surface area contributed by atoms with E-state index in [-0.39, 0.29) is 25.0 Å². The molecule has 6 atom stereocenters. The lowest BCUT2D eigenvalue weighted by Crippen LogP contribution is -2.57. The van der Waals surface area contributed by atoms with Crippen molar-refractivity contribution < 1.29 is 29.0 Å². The molecule has 0 radical (unpaired) electrons. The number of hydrogen-bond acceptors (Lipinski definition) is 6. The predicted molar refractivity (Wildman–Crippen MR) is 115 cm³/mol. The Morgan fingerprint density at radius 2 is 2.00 bits per heavy atom. The van der Waals surface area contributed by atoms with Gasteiger partial charge in [0.25, 0.3) is 0 Å². The van der Waals surface area contributed by atoms with Crippen LogP contribution in [0.5, 0.6) is 0 Å². The highest BCUT2D eigenvalue weighted by molar-refractivity contribution is 5.98. The van der Waals surface area contributed by atoms with E-state index in [1.54, 1.807) is 6.92 Å². The van der Waals surface area contributed by atoms with Gasteiger partial charge in [-0.1, -0.05) is 37.3 Å². The number of carbonyl (C=O) groups is 3. The molecule has 3 fully saturated rings. The number of esters is 1. The maximum absolute atomic E-state index is 13.7. The van der Waals surface area contributed by atoms with Crippen molar-refractivity contribution in [2.45, 2.75) is 69.9 Å². The largest absolute Gasteiger partial charge is 0.466 e. The molecule has 32 heavy (non-hydrogen) atoms. The van der Waals surface area contributed by atoms with Gasteiger partial charge in [-0.3, -0.25) is 14.4 Å². The predicted octanol–water partition coefficient (Wildman–Crippen LogP) is 1.40. The van der Waals surface area contributed by atoms with E-state index in [9.17, 15) is 19.5 Å². The molecule has 3 aliphatic heterocycles. The van der Waals surface area contributed by atoms with Crippen LogP contribution in [0.25, 0.3) is 0 Å². The fourth-order valence-electron chi connectivity index (χ4n) is 5.94. The topological polar surface area (TPSA) is 105 Å². The lowest BCUT2D eigenvalue weighted by Gasteiger charge is -2.36. The van der Waals surface area contributed by atoms with E-state index < -0.39 is 41.1 Å². The molecule has 3 aliphatic rings. The van der Waals surface area contributed by atoms with Crippen molar-refractivity contribution in [3.63, 3.8) is 0 Å². The second-order valence-corrected chi connectivity index (χ2v) is 9.17. The fourth-order valence-corrected chi connectivity index (χ4v) is 5.94. The van der Waals surface area contributed by atoms with Crippen molar-refractivity contribution in [3.8, 4) is 0 Å². The number of carbonyl (C=O) groups excluding carboxylic acids is 3. The number of likely N-dealkylation sites (tertiary alicyclic amines) is 1. The number of benzene rings is 1. The van der Waals surface area contributed by atoms with E-state index in [0.29, 0.717) is 25.8 Å². The minimum Gasteiger partial charge on any atom is -0.466 e. The molecule has 174 valence electrons. The average Bonchev–Trinajstić information content (AvgIpc) is 3.35. The molecule has 4 rings (SSSR count). The van der Waals surface area contributed by atoms with Gasteiger partial charge in [0.2, 0.25) is 11.8 Å². The quantitative estimate of drug-likeness (QED) is 0.588. The zero-order valence-electron chi connectivity index (χ0n) is 18.9. The van der Waals surface area contributed by atoms with Crippen LogP contribution in [0.2, 0.25) is 0 Å². The molecule has 8 heteroatoms. The second kappa shape index (κ2) is 8.48. The molecule has 2 amide bonds. The van der Waals surface area contributed by atoms with Crippen molar-refractivity contribution >= 4 is 17.8 Å². The number of fused-ring (bicyclic) bond motifs is 1. The van der Waals surface area contributed by atoms with E-state index in [2.05, 4.69) is 5.32 Å². The normalized spacial score (nSPS) is 33.8. The van der Waals surface area contributed by atoms with Gasteiger partial charge in [0, 0.05) is 6.54 Å². The van der Waals surface area contributed by atoms with Gasteiger partial charge in [-0.25, -0.2) is 0 Å². The molecule has 0 aliphatic carbocycles. The van der Waals surface area contributed by atoms with Gasteiger partial charge in [-0.2, -0.15) is 0 Å². The van der Waals surface area contributed by atoms with E-state index in [1.807, 2.05) is 44.2 Å². The number of ether oxygens (including phenoxy) is 2. The molecule has 2 N–H and O–H groups in total. The highest BCUT2D eigenvalue weighted by Gasteiger charge is 2.78.